The lowest BCUT2D eigenvalue weighted by molar-refractivity contribution is -0.138. The standard InChI is InChI=1S/C24H31ClN2O2S/c1-5-18(3)26-24(29)19(4)27(14-21-8-6-7-17(2)13-21)23(28)16-30-15-20-9-11-22(25)12-10-20/h6-13,18-19H,5,14-16H2,1-4H3,(H,26,29)/t18-,19-/m1/s1. The van der Waals surface area contributed by atoms with Gasteiger partial charge in [-0.3, -0.25) is 9.59 Å². The summed E-state index contributed by atoms with van der Waals surface area (Å²) in [5.74, 6) is 0.875. The molecule has 0 aromatic heterocycles. The van der Waals surface area contributed by atoms with E-state index in [1.807, 2.05) is 63.2 Å². The Kier molecular flexibility index (Phi) is 9.73. The van der Waals surface area contributed by atoms with E-state index in [4.69, 9.17) is 11.6 Å². The summed E-state index contributed by atoms with van der Waals surface area (Å²) in [4.78, 5) is 27.5. The Balaban J connectivity index is 2.07. The molecule has 0 bridgehead atoms. The van der Waals surface area contributed by atoms with Crippen LogP contribution >= 0.6 is 23.4 Å². The first kappa shape index (κ1) is 24.3. The van der Waals surface area contributed by atoms with Gasteiger partial charge in [-0.1, -0.05) is 60.5 Å². The van der Waals surface area contributed by atoms with Crippen molar-refractivity contribution >= 4 is 35.2 Å². The molecule has 2 aromatic rings. The summed E-state index contributed by atoms with van der Waals surface area (Å²) < 4.78 is 0. The number of benzene rings is 2. The zero-order chi connectivity index (χ0) is 22.1. The topological polar surface area (TPSA) is 49.4 Å². The summed E-state index contributed by atoms with van der Waals surface area (Å²) >= 11 is 7.48. The van der Waals surface area contributed by atoms with E-state index in [0.717, 1.165) is 23.1 Å². The Hall–Kier alpha value is -1.98. The minimum atomic E-state index is -0.539. The van der Waals surface area contributed by atoms with Gasteiger partial charge in [0, 0.05) is 23.4 Å². The highest BCUT2D eigenvalue weighted by atomic mass is 35.5. The predicted molar refractivity (Wildman–Crippen MR) is 127 cm³/mol. The summed E-state index contributed by atoms with van der Waals surface area (Å²) in [6.07, 6.45) is 0.848. The van der Waals surface area contributed by atoms with Gasteiger partial charge in [0.05, 0.1) is 5.75 Å². The number of rotatable bonds is 10. The van der Waals surface area contributed by atoms with E-state index in [-0.39, 0.29) is 17.9 Å². The Morgan fingerprint density at radius 3 is 2.43 bits per heavy atom. The number of carbonyl (C=O) groups excluding carboxylic acids is 2. The molecule has 0 unspecified atom stereocenters. The number of nitrogens with zero attached hydrogens (tertiary/aromatic N) is 1. The second kappa shape index (κ2) is 12.0. The molecule has 0 aliphatic carbocycles. The van der Waals surface area contributed by atoms with Crippen molar-refractivity contribution in [2.75, 3.05) is 5.75 Å². The number of amides is 2. The van der Waals surface area contributed by atoms with E-state index >= 15 is 0 Å². The van der Waals surface area contributed by atoms with E-state index in [9.17, 15) is 9.59 Å². The Morgan fingerprint density at radius 1 is 1.10 bits per heavy atom. The average molecular weight is 447 g/mol. The molecule has 0 heterocycles. The maximum Gasteiger partial charge on any atom is 0.242 e. The molecule has 0 spiro atoms. The molecule has 162 valence electrons. The van der Waals surface area contributed by atoms with Gasteiger partial charge in [-0.2, -0.15) is 0 Å². The third kappa shape index (κ3) is 7.69. The summed E-state index contributed by atoms with van der Waals surface area (Å²) in [6, 6.07) is 15.2. The first-order chi connectivity index (χ1) is 14.3. The van der Waals surface area contributed by atoms with Crippen molar-refractivity contribution in [1.82, 2.24) is 10.2 Å². The monoisotopic (exact) mass is 446 g/mol. The molecule has 30 heavy (non-hydrogen) atoms. The van der Waals surface area contributed by atoms with Crippen molar-refractivity contribution < 1.29 is 9.59 Å². The lowest BCUT2D eigenvalue weighted by atomic mass is 10.1. The van der Waals surface area contributed by atoms with Crippen LogP contribution in [-0.2, 0) is 21.9 Å². The van der Waals surface area contributed by atoms with E-state index in [1.54, 1.807) is 23.6 Å². The van der Waals surface area contributed by atoms with Gasteiger partial charge >= 0.3 is 0 Å². The molecular formula is C24H31ClN2O2S. The molecule has 2 rings (SSSR count). The quantitative estimate of drug-likeness (QED) is 0.544. The van der Waals surface area contributed by atoms with Crippen LogP contribution in [0.4, 0.5) is 0 Å². The van der Waals surface area contributed by atoms with Crippen LogP contribution < -0.4 is 5.32 Å². The van der Waals surface area contributed by atoms with Crippen molar-refractivity contribution in [3.8, 4) is 0 Å². The SMILES string of the molecule is CC[C@@H](C)NC(=O)[C@@H](C)N(Cc1cccc(C)c1)C(=O)CSCc1ccc(Cl)cc1. The molecule has 2 aromatic carbocycles. The van der Waals surface area contributed by atoms with Gasteiger partial charge in [0.15, 0.2) is 0 Å². The lowest BCUT2D eigenvalue weighted by Crippen LogP contribution is -2.50. The van der Waals surface area contributed by atoms with Crippen LogP contribution in [-0.4, -0.2) is 34.6 Å². The molecular weight excluding hydrogens is 416 g/mol. The maximum atomic E-state index is 13.1. The molecule has 0 fully saturated rings. The first-order valence-corrected chi connectivity index (χ1v) is 11.8. The summed E-state index contributed by atoms with van der Waals surface area (Å²) in [5.41, 5.74) is 3.27. The van der Waals surface area contributed by atoms with E-state index in [2.05, 4.69) is 11.4 Å². The third-order valence-corrected chi connectivity index (χ3v) is 6.25. The highest BCUT2D eigenvalue weighted by Crippen LogP contribution is 2.18. The highest BCUT2D eigenvalue weighted by Gasteiger charge is 2.26. The number of carbonyl (C=O) groups is 2. The van der Waals surface area contributed by atoms with Crippen LogP contribution in [0.1, 0.15) is 43.9 Å². The van der Waals surface area contributed by atoms with Crippen molar-refractivity contribution in [2.24, 2.45) is 0 Å². The molecule has 2 amide bonds. The predicted octanol–water partition coefficient (Wildman–Crippen LogP) is 5.21. The number of nitrogens with one attached hydrogen (secondary N) is 1. The third-order valence-electron chi connectivity index (χ3n) is 5.01. The summed E-state index contributed by atoms with van der Waals surface area (Å²) in [5, 5.41) is 3.70. The van der Waals surface area contributed by atoms with Crippen LogP contribution in [0.5, 0.6) is 0 Å². The minimum Gasteiger partial charge on any atom is -0.352 e. The normalized spacial score (nSPS) is 12.8. The molecule has 6 heteroatoms. The number of hydrogen-bond acceptors (Lipinski definition) is 3. The molecule has 0 saturated carbocycles. The number of hydrogen-bond donors (Lipinski definition) is 1. The zero-order valence-electron chi connectivity index (χ0n) is 18.2. The molecule has 0 aliphatic heterocycles. The maximum absolute atomic E-state index is 13.1. The Bertz CT molecular complexity index is 841. The molecule has 1 N–H and O–H groups in total. The lowest BCUT2D eigenvalue weighted by Gasteiger charge is -2.29. The minimum absolute atomic E-state index is 0.0396. The van der Waals surface area contributed by atoms with Gasteiger partial charge in [0.2, 0.25) is 11.8 Å². The molecule has 2 atom stereocenters. The van der Waals surface area contributed by atoms with Gasteiger partial charge in [-0.15, -0.1) is 11.8 Å². The largest absolute Gasteiger partial charge is 0.352 e. The van der Waals surface area contributed by atoms with Crippen LogP contribution in [0.3, 0.4) is 0 Å². The van der Waals surface area contributed by atoms with Gasteiger partial charge in [-0.25, -0.2) is 0 Å². The fourth-order valence-electron chi connectivity index (χ4n) is 2.98. The van der Waals surface area contributed by atoms with Crippen LogP contribution in [0, 0.1) is 6.92 Å². The Morgan fingerprint density at radius 2 is 1.80 bits per heavy atom. The van der Waals surface area contributed by atoms with Crippen LogP contribution in [0.15, 0.2) is 48.5 Å². The van der Waals surface area contributed by atoms with E-state index < -0.39 is 6.04 Å². The Labute approximate surface area is 189 Å². The number of thioether (sulfide) groups is 1. The zero-order valence-corrected chi connectivity index (χ0v) is 19.7. The molecule has 0 aliphatic rings. The second-order valence-electron chi connectivity index (χ2n) is 7.62. The van der Waals surface area contributed by atoms with Crippen molar-refractivity contribution in [2.45, 2.75) is 58.5 Å². The summed E-state index contributed by atoms with van der Waals surface area (Å²) in [6.45, 7) is 8.24. The van der Waals surface area contributed by atoms with E-state index in [1.165, 1.54) is 0 Å². The summed E-state index contributed by atoms with van der Waals surface area (Å²) in [7, 11) is 0. The molecule has 0 radical (unpaired) electrons. The molecule has 0 saturated heterocycles. The van der Waals surface area contributed by atoms with Crippen molar-refractivity contribution in [3.05, 3.63) is 70.2 Å². The number of halogens is 1. The highest BCUT2D eigenvalue weighted by molar-refractivity contribution is 7.99. The van der Waals surface area contributed by atoms with Gasteiger partial charge < -0.3 is 10.2 Å². The van der Waals surface area contributed by atoms with Gasteiger partial charge in [-0.05, 0) is 50.5 Å². The molecule has 4 nitrogen and oxygen atoms in total. The number of aryl methyl sites for hydroxylation is 1. The van der Waals surface area contributed by atoms with E-state index in [0.29, 0.717) is 23.1 Å². The van der Waals surface area contributed by atoms with Crippen molar-refractivity contribution in [3.63, 3.8) is 0 Å². The first-order valence-electron chi connectivity index (χ1n) is 10.3. The second-order valence-corrected chi connectivity index (χ2v) is 9.05. The van der Waals surface area contributed by atoms with Crippen LogP contribution in [0.2, 0.25) is 5.02 Å². The fourth-order valence-corrected chi connectivity index (χ4v) is 3.97. The average Bonchev–Trinajstić information content (AvgIpc) is 2.72. The fraction of sp³-hybridized carbons (Fsp3) is 0.417. The smallest absolute Gasteiger partial charge is 0.242 e. The van der Waals surface area contributed by atoms with Gasteiger partial charge in [0.25, 0.3) is 0 Å². The van der Waals surface area contributed by atoms with Crippen molar-refractivity contribution in [1.29, 1.82) is 0 Å². The van der Waals surface area contributed by atoms with Gasteiger partial charge in [0.1, 0.15) is 6.04 Å². The van der Waals surface area contributed by atoms with Crippen LogP contribution in [0.25, 0.3) is 0 Å².